The molecule has 0 saturated carbocycles. The zero-order valence-corrected chi connectivity index (χ0v) is 17.1. The predicted molar refractivity (Wildman–Crippen MR) is 110 cm³/mol. The molecule has 138 valence electrons. The minimum Gasteiger partial charge on any atom is -0.494 e. The van der Waals surface area contributed by atoms with Gasteiger partial charge in [-0.2, -0.15) is 0 Å². The summed E-state index contributed by atoms with van der Waals surface area (Å²) >= 11 is 3.01. The van der Waals surface area contributed by atoms with Crippen LogP contribution in [0.2, 0.25) is 0 Å². The first-order chi connectivity index (χ1) is 12.5. The largest absolute Gasteiger partial charge is 0.494 e. The number of carbonyl (C=O) groups is 1. The van der Waals surface area contributed by atoms with Crippen molar-refractivity contribution in [2.75, 3.05) is 39.2 Å². The summed E-state index contributed by atoms with van der Waals surface area (Å²) in [6, 6.07) is 7.73. The minimum absolute atomic E-state index is 0.00873. The molecular formula is C19H23N3O2S2. The summed E-state index contributed by atoms with van der Waals surface area (Å²) < 4.78 is 6.52. The molecule has 0 bridgehead atoms. The summed E-state index contributed by atoms with van der Waals surface area (Å²) in [5, 5.41) is 2.65. The SMILES string of the molecule is COc1ccc(C)c2sc(N(CCCN(C)C)C(=O)c3cccs3)nc12. The van der Waals surface area contributed by atoms with Crippen LogP contribution in [0.25, 0.3) is 10.2 Å². The molecule has 1 aromatic carbocycles. The second kappa shape index (κ2) is 8.16. The van der Waals surface area contributed by atoms with Crippen molar-refractivity contribution in [2.24, 2.45) is 0 Å². The Hall–Kier alpha value is -1.96. The molecule has 2 aromatic heterocycles. The number of benzene rings is 1. The monoisotopic (exact) mass is 389 g/mol. The summed E-state index contributed by atoms with van der Waals surface area (Å²) in [5.41, 5.74) is 1.96. The molecule has 26 heavy (non-hydrogen) atoms. The van der Waals surface area contributed by atoms with Gasteiger partial charge in [-0.1, -0.05) is 23.5 Å². The molecule has 0 fully saturated rings. The molecule has 0 atom stereocenters. The third-order valence-electron chi connectivity index (χ3n) is 4.11. The zero-order valence-electron chi connectivity index (χ0n) is 15.5. The first-order valence-electron chi connectivity index (χ1n) is 8.45. The van der Waals surface area contributed by atoms with E-state index in [4.69, 9.17) is 9.72 Å². The van der Waals surface area contributed by atoms with Crippen molar-refractivity contribution in [3.63, 3.8) is 0 Å². The van der Waals surface area contributed by atoms with E-state index in [1.807, 2.05) is 43.7 Å². The van der Waals surface area contributed by atoms with Crippen molar-refractivity contribution in [1.29, 1.82) is 0 Å². The standard InChI is InChI=1S/C19H23N3O2S2/c1-13-8-9-14(24-4)16-17(13)26-19(20-16)22(11-6-10-21(2)3)18(23)15-7-5-12-25-15/h5,7-9,12H,6,10-11H2,1-4H3. The highest BCUT2D eigenvalue weighted by atomic mass is 32.1. The second-order valence-corrected chi connectivity index (χ2v) is 8.28. The first kappa shape index (κ1) is 18.8. The number of anilines is 1. The van der Waals surface area contributed by atoms with Crippen molar-refractivity contribution in [1.82, 2.24) is 9.88 Å². The van der Waals surface area contributed by atoms with E-state index < -0.39 is 0 Å². The maximum atomic E-state index is 13.1. The maximum absolute atomic E-state index is 13.1. The van der Waals surface area contributed by atoms with Crippen molar-refractivity contribution in [3.05, 3.63) is 40.1 Å². The number of aromatic nitrogens is 1. The van der Waals surface area contributed by atoms with Gasteiger partial charge in [0.25, 0.3) is 5.91 Å². The lowest BCUT2D eigenvalue weighted by molar-refractivity contribution is 0.0990. The number of methoxy groups -OCH3 is 1. The van der Waals surface area contributed by atoms with Gasteiger partial charge in [0.05, 0.1) is 16.7 Å². The lowest BCUT2D eigenvalue weighted by Crippen LogP contribution is -2.32. The molecule has 3 rings (SSSR count). The predicted octanol–water partition coefficient (Wildman–Crippen LogP) is 4.27. The van der Waals surface area contributed by atoms with Crippen LogP contribution in [0.5, 0.6) is 5.75 Å². The minimum atomic E-state index is 0.00873. The normalized spacial score (nSPS) is 11.3. The van der Waals surface area contributed by atoms with Crippen molar-refractivity contribution in [3.8, 4) is 5.75 Å². The van der Waals surface area contributed by atoms with E-state index in [9.17, 15) is 4.79 Å². The number of hydrogen-bond acceptors (Lipinski definition) is 6. The van der Waals surface area contributed by atoms with E-state index >= 15 is 0 Å². The molecule has 0 spiro atoms. The number of aryl methyl sites for hydroxylation is 1. The van der Waals surface area contributed by atoms with Crippen molar-refractivity contribution in [2.45, 2.75) is 13.3 Å². The highest BCUT2D eigenvalue weighted by Crippen LogP contribution is 2.37. The third kappa shape index (κ3) is 3.90. The van der Waals surface area contributed by atoms with E-state index in [1.165, 1.54) is 11.3 Å². The fraction of sp³-hybridized carbons (Fsp3) is 0.368. The van der Waals surface area contributed by atoms with Crippen LogP contribution in [0.15, 0.2) is 29.6 Å². The van der Waals surface area contributed by atoms with E-state index in [0.29, 0.717) is 6.54 Å². The Bertz CT molecular complexity index is 888. The van der Waals surface area contributed by atoms with Crippen LogP contribution in [0.4, 0.5) is 5.13 Å². The number of amides is 1. The Balaban J connectivity index is 1.99. The number of carbonyl (C=O) groups excluding carboxylic acids is 1. The average molecular weight is 390 g/mol. The molecule has 0 N–H and O–H groups in total. The topological polar surface area (TPSA) is 45.7 Å². The van der Waals surface area contributed by atoms with Gasteiger partial charge in [0, 0.05) is 6.54 Å². The molecular weight excluding hydrogens is 366 g/mol. The van der Waals surface area contributed by atoms with Gasteiger partial charge in [0.15, 0.2) is 5.13 Å². The average Bonchev–Trinajstić information content (AvgIpc) is 3.28. The summed E-state index contributed by atoms with van der Waals surface area (Å²) in [6.45, 7) is 3.61. The molecule has 0 saturated heterocycles. The maximum Gasteiger partial charge on any atom is 0.270 e. The lowest BCUT2D eigenvalue weighted by atomic mass is 10.2. The van der Waals surface area contributed by atoms with Crippen LogP contribution >= 0.6 is 22.7 Å². The Labute approximate surface area is 161 Å². The van der Waals surface area contributed by atoms with E-state index in [1.54, 1.807) is 23.3 Å². The van der Waals surface area contributed by atoms with E-state index in [-0.39, 0.29) is 5.91 Å². The molecule has 0 aliphatic heterocycles. The number of ether oxygens (including phenoxy) is 1. The van der Waals surface area contributed by atoms with Crippen LogP contribution < -0.4 is 9.64 Å². The van der Waals surface area contributed by atoms with Crippen LogP contribution in [0.3, 0.4) is 0 Å². The lowest BCUT2D eigenvalue weighted by Gasteiger charge is -2.20. The van der Waals surface area contributed by atoms with Crippen LogP contribution in [0, 0.1) is 6.92 Å². The Morgan fingerprint density at radius 2 is 2.04 bits per heavy atom. The Morgan fingerprint density at radius 1 is 1.23 bits per heavy atom. The molecule has 5 nitrogen and oxygen atoms in total. The Morgan fingerprint density at radius 3 is 2.69 bits per heavy atom. The van der Waals surface area contributed by atoms with E-state index in [0.717, 1.165) is 44.5 Å². The quantitative estimate of drug-likeness (QED) is 0.605. The van der Waals surface area contributed by atoms with Gasteiger partial charge in [0.1, 0.15) is 11.3 Å². The van der Waals surface area contributed by atoms with Gasteiger partial charge in [-0.15, -0.1) is 11.3 Å². The van der Waals surface area contributed by atoms with Crippen LogP contribution in [-0.4, -0.2) is 50.1 Å². The van der Waals surface area contributed by atoms with Gasteiger partial charge >= 0.3 is 0 Å². The number of thiophene rings is 1. The van der Waals surface area contributed by atoms with Crippen molar-refractivity contribution >= 4 is 43.9 Å². The summed E-state index contributed by atoms with van der Waals surface area (Å²) in [6.07, 6.45) is 0.885. The van der Waals surface area contributed by atoms with Crippen molar-refractivity contribution < 1.29 is 9.53 Å². The molecule has 7 heteroatoms. The summed E-state index contributed by atoms with van der Waals surface area (Å²) in [7, 11) is 5.73. The molecule has 2 heterocycles. The smallest absolute Gasteiger partial charge is 0.270 e. The molecule has 0 unspecified atom stereocenters. The number of nitrogens with zero attached hydrogens (tertiary/aromatic N) is 3. The summed E-state index contributed by atoms with van der Waals surface area (Å²) in [5.74, 6) is 0.749. The Kier molecular flexibility index (Phi) is 5.90. The fourth-order valence-electron chi connectivity index (χ4n) is 2.74. The second-order valence-electron chi connectivity index (χ2n) is 6.35. The van der Waals surface area contributed by atoms with Gasteiger partial charge in [-0.25, -0.2) is 4.98 Å². The highest BCUT2D eigenvalue weighted by Gasteiger charge is 2.23. The van der Waals surface area contributed by atoms with Crippen LogP contribution in [0.1, 0.15) is 21.7 Å². The van der Waals surface area contributed by atoms with Gasteiger partial charge in [0.2, 0.25) is 0 Å². The molecule has 0 aliphatic carbocycles. The highest BCUT2D eigenvalue weighted by molar-refractivity contribution is 7.22. The number of thiazole rings is 1. The zero-order chi connectivity index (χ0) is 18.7. The first-order valence-corrected chi connectivity index (χ1v) is 10.1. The third-order valence-corrected chi connectivity index (χ3v) is 6.18. The van der Waals surface area contributed by atoms with E-state index in [2.05, 4.69) is 11.8 Å². The van der Waals surface area contributed by atoms with Gasteiger partial charge < -0.3 is 9.64 Å². The molecule has 0 aliphatic rings. The number of fused-ring (bicyclic) bond motifs is 1. The fourth-order valence-corrected chi connectivity index (χ4v) is 4.49. The number of hydrogen-bond donors (Lipinski definition) is 0. The van der Waals surface area contributed by atoms with Gasteiger partial charge in [-0.3, -0.25) is 9.69 Å². The molecule has 0 radical (unpaired) electrons. The van der Waals surface area contributed by atoms with Gasteiger partial charge in [-0.05, 0) is 57.1 Å². The summed E-state index contributed by atoms with van der Waals surface area (Å²) in [4.78, 5) is 22.5. The number of rotatable bonds is 7. The van der Waals surface area contributed by atoms with Crippen LogP contribution in [-0.2, 0) is 0 Å². The molecule has 3 aromatic rings. The molecule has 1 amide bonds.